The lowest BCUT2D eigenvalue weighted by Gasteiger charge is -2.51. The molecule has 0 radical (unpaired) electrons. The number of ether oxygens (including phenoxy) is 16. The van der Waals surface area contributed by atoms with Gasteiger partial charge in [-0.05, 0) is 71.7 Å². The molecule has 100 heavy (non-hydrogen) atoms. The highest BCUT2D eigenvalue weighted by Gasteiger charge is 2.58. The molecule has 3 fully saturated rings. The number of carbonyl (C=O) groups is 1. The second-order valence-corrected chi connectivity index (χ2v) is 26.3. The predicted molar refractivity (Wildman–Crippen MR) is 375 cm³/mol. The molecule has 0 saturated carbocycles. The molecule has 0 aromatic heterocycles. The van der Waals surface area contributed by atoms with E-state index in [1.54, 1.807) is 27.9 Å². The van der Waals surface area contributed by atoms with Gasteiger partial charge in [0.25, 0.3) is 0 Å². The Morgan fingerprint density at radius 2 is 0.590 bits per heavy atom. The molecular formula is C83H96O17. The molecule has 11 rings (SSSR count). The molecule has 8 aromatic rings. The molecule has 17 nitrogen and oxygen atoms in total. The van der Waals surface area contributed by atoms with Crippen molar-refractivity contribution in [2.45, 2.75) is 179 Å². The Labute approximate surface area is 589 Å². The van der Waals surface area contributed by atoms with Crippen molar-refractivity contribution in [2.24, 2.45) is 5.41 Å². The van der Waals surface area contributed by atoms with E-state index in [2.05, 4.69) is 0 Å². The van der Waals surface area contributed by atoms with Crippen molar-refractivity contribution >= 4 is 5.97 Å². The highest BCUT2D eigenvalue weighted by molar-refractivity contribution is 5.75. The monoisotopic (exact) mass is 1360 g/mol. The van der Waals surface area contributed by atoms with Crippen LogP contribution < -0.4 is 0 Å². The number of hydrogen-bond donors (Lipinski definition) is 0. The van der Waals surface area contributed by atoms with Crippen LogP contribution in [0.15, 0.2) is 243 Å². The molecule has 0 amide bonds. The maximum Gasteiger partial charge on any atom is 0.311 e. The van der Waals surface area contributed by atoms with Crippen LogP contribution in [0.1, 0.15) is 78.6 Å². The average Bonchev–Trinajstić information content (AvgIpc) is 0.775. The fourth-order valence-corrected chi connectivity index (χ4v) is 12.3. The molecule has 0 bridgehead atoms. The zero-order valence-corrected chi connectivity index (χ0v) is 57.9. The van der Waals surface area contributed by atoms with Crippen LogP contribution in [0.25, 0.3) is 0 Å². The third-order valence-corrected chi connectivity index (χ3v) is 17.6. The summed E-state index contributed by atoms with van der Waals surface area (Å²) in [5.74, 6) is -0.529. The number of methoxy groups -OCH3 is 1. The van der Waals surface area contributed by atoms with Gasteiger partial charge in [-0.25, -0.2) is 0 Å². The van der Waals surface area contributed by atoms with Crippen LogP contribution in [-0.2, 0) is 133 Å². The number of hydrogen-bond acceptors (Lipinski definition) is 17. The van der Waals surface area contributed by atoms with E-state index in [1.165, 1.54) is 0 Å². The van der Waals surface area contributed by atoms with Gasteiger partial charge >= 0.3 is 5.97 Å². The first-order valence-corrected chi connectivity index (χ1v) is 34.8. The molecule has 0 spiro atoms. The van der Waals surface area contributed by atoms with E-state index in [-0.39, 0.29) is 79.3 Å². The van der Waals surface area contributed by atoms with Gasteiger partial charge < -0.3 is 75.8 Å². The number of esters is 1. The van der Waals surface area contributed by atoms with Gasteiger partial charge in [0.1, 0.15) is 67.1 Å². The fourth-order valence-electron chi connectivity index (χ4n) is 12.3. The van der Waals surface area contributed by atoms with Gasteiger partial charge in [-0.3, -0.25) is 4.79 Å². The Bertz CT molecular complexity index is 3540. The summed E-state index contributed by atoms with van der Waals surface area (Å²) in [6, 6.07) is 79.3. The minimum absolute atomic E-state index is 0.0144. The van der Waals surface area contributed by atoms with Crippen LogP contribution in [0.2, 0.25) is 0 Å². The lowest BCUT2D eigenvalue weighted by Crippen LogP contribution is -2.68. The van der Waals surface area contributed by atoms with Gasteiger partial charge in [-0.15, -0.1) is 0 Å². The fraction of sp³-hybridized carbons (Fsp3) is 0.410. The van der Waals surface area contributed by atoms with Crippen LogP contribution in [0, 0.1) is 5.41 Å². The first-order valence-electron chi connectivity index (χ1n) is 34.8. The minimum Gasteiger partial charge on any atom is -0.454 e. The second-order valence-electron chi connectivity index (χ2n) is 26.3. The molecule has 3 heterocycles. The van der Waals surface area contributed by atoms with Gasteiger partial charge in [0.2, 0.25) is 0 Å². The quantitative estimate of drug-likeness (QED) is 0.0340. The van der Waals surface area contributed by atoms with Gasteiger partial charge in [-0.1, -0.05) is 250 Å². The van der Waals surface area contributed by atoms with Gasteiger partial charge in [0, 0.05) is 13.7 Å². The van der Waals surface area contributed by atoms with Crippen molar-refractivity contribution in [3.63, 3.8) is 0 Å². The summed E-state index contributed by atoms with van der Waals surface area (Å²) >= 11 is 0. The molecule has 530 valence electrons. The Morgan fingerprint density at radius 3 is 0.920 bits per heavy atom. The topological polar surface area (TPSA) is 165 Å². The summed E-state index contributed by atoms with van der Waals surface area (Å²) in [5, 5.41) is 0. The van der Waals surface area contributed by atoms with E-state index in [1.807, 2.05) is 250 Å². The largest absolute Gasteiger partial charge is 0.454 e. The normalized spacial score (nSPS) is 25.5. The molecule has 3 aliphatic rings. The Morgan fingerprint density at radius 1 is 0.320 bits per heavy atom. The standard InChI is InChI=1S/C83H96O17/c1-6-47-89-75-72(98-81-78(100-82(84)83(2,3)4)74(93-54-65-43-27-13-28-44-65)71(91-52-63-39-23-11-24-40-63)68(97-81)57-87-49-60-33-17-8-18-34-60)69(58-88-50-61-35-19-9-20-36-61)95-79(85-5)77(75)99-80-76(94-55-66-45-29-14-30-46-66)73(92-53-64-41-25-12-26-42-64)70(90-51-62-37-21-10-22-38-62)67(96-80)56-86-48-59-31-15-7-16-32-59/h7-46,67-81H,6,47-58H2,1-5H3/t67?,68?,69?,70-,71+,72-,73+,74+,75+,76?,77?,78?,79-,80-,81+/m1/s1. The van der Waals surface area contributed by atoms with E-state index in [0.29, 0.717) is 6.42 Å². The van der Waals surface area contributed by atoms with Gasteiger partial charge in [0.15, 0.2) is 25.0 Å². The number of rotatable bonds is 36. The van der Waals surface area contributed by atoms with Crippen LogP contribution in [-0.4, -0.2) is 132 Å². The zero-order chi connectivity index (χ0) is 69.1. The smallest absolute Gasteiger partial charge is 0.311 e. The summed E-state index contributed by atoms with van der Waals surface area (Å²) < 4.78 is 113. The summed E-state index contributed by atoms with van der Waals surface area (Å²) in [6.45, 7) is 9.32. The van der Waals surface area contributed by atoms with Crippen LogP contribution in [0.3, 0.4) is 0 Å². The molecule has 6 unspecified atom stereocenters. The van der Waals surface area contributed by atoms with Crippen LogP contribution >= 0.6 is 0 Å². The highest BCUT2D eigenvalue weighted by atomic mass is 16.8. The van der Waals surface area contributed by atoms with E-state index in [9.17, 15) is 4.79 Å². The molecule has 3 aliphatic heterocycles. The zero-order valence-electron chi connectivity index (χ0n) is 57.9. The third kappa shape index (κ3) is 21.6. The summed E-state index contributed by atoms with van der Waals surface area (Å²) in [7, 11) is 1.56. The number of benzene rings is 8. The van der Waals surface area contributed by atoms with Crippen molar-refractivity contribution in [2.75, 3.05) is 33.5 Å². The minimum atomic E-state index is -1.41. The lowest BCUT2D eigenvalue weighted by atomic mass is 9.94. The summed E-state index contributed by atoms with van der Waals surface area (Å²) in [4.78, 5) is 14.8. The van der Waals surface area contributed by atoms with E-state index in [0.717, 1.165) is 44.5 Å². The SMILES string of the molecule is CCCO[C@@H]1C(O[C@H]2OC(COCc3ccccc3)[C@@H](OCc3ccccc3)[C@H](OCc3ccccc3)C2OCc2ccccc2)[C@H](OC)OC(COCc2ccccc2)[C@H]1O[C@@H]1OC(COCc2ccccc2)[C@H](OCc2ccccc2)[C@H](OCc2ccccc2)C1OC(=O)C(C)(C)C. The van der Waals surface area contributed by atoms with Crippen molar-refractivity contribution in [3.8, 4) is 0 Å². The number of carbonyl (C=O) groups excluding carboxylic acids is 1. The van der Waals surface area contributed by atoms with Crippen molar-refractivity contribution in [3.05, 3.63) is 287 Å². The van der Waals surface area contributed by atoms with Gasteiger partial charge in [-0.2, -0.15) is 0 Å². The van der Waals surface area contributed by atoms with Crippen LogP contribution in [0.5, 0.6) is 0 Å². The Balaban J connectivity index is 1.01. The van der Waals surface area contributed by atoms with E-state index < -0.39 is 104 Å². The molecule has 17 heteroatoms. The van der Waals surface area contributed by atoms with Crippen molar-refractivity contribution in [1.29, 1.82) is 0 Å². The van der Waals surface area contributed by atoms with Crippen molar-refractivity contribution in [1.82, 2.24) is 0 Å². The third-order valence-electron chi connectivity index (χ3n) is 17.6. The summed E-state index contributed by atoms with van der Waals surface area (Å²) in [6.07, 6.45) is -15.2. The lowest BCUT2D eigenvalue weighted by molar-refractivity contribution is -0.396. The Hall–Kier alpha value is -7.37. The van der Waals surface area contributed by atoms with Crippen LogP contribution in [0.4, 0.5) is 0 Å². The van der Waals surface area contributed by atoms with Crippen molar-refractivity contribution < 1.29 is 80.6 Å². The molecule has 8 aromatic carbocycles. The first kappa shape index (κ1) is 73.8. The first-order chi connectivity index (χ1) is 49.1. The van der Waals surface area contributed by atoms with E-state index in [4.69, 9.17) is 75.8 Å². The second kappa shape index (κ2) is 38.6. The molecule has 3 saturated heterocycles. The predicted octanol–water partition coefficient (Wildman–Crippen LogP) is 13.9. The summed E-state index contributed by atoms with van der Waals surface area (Å²) in [5.41, 5.74) is 6.46. The van der Waals surface area contributed by atoms with Gasteiger partial charge in [0.05, 0.1) is 78.1 Å². The highest BCUT2D eigenvalue weighted by Crippen LogP contribution is 2.40. The maximum atomic E-state index is 14.8. The average molecular weight is 1370 g/mol. The van der Waals surface area contributed by atoms with E-state index >= 15 is 0 Å². The Kier molecular flexibility index (Phi) is 28.5. The maximum absolute atomic E-state index is 14.8. The molecule has 15 atom stereocenters. The molecule has 0 aliphatic carbocycles. The molecule has 0 N–H and O–H groups in total. The molecular weight excluding hydrogens is 1270 g/mol.